The summed E-state index contributed by atoms with van der Waals surface area (Å²) in [5.74, 6) is -1.07. The third kappa shape index (κ3) is 3.34. The molecule has 0 aliphatic rings. The van der Waals surface area contributed by atoms with E-state index in [1.807, 2.05) is 0 Å². The summed E-state index contributed by atoms with van der Waals surface area (Å²) in [6, 6.07) is 12.3. The molecule has 2 rings (SSSR count). The van der Waals surface area contributed by atoms with E-state index in [0.717, 1.165) is 0 Å². The van der Waals surface area contributed by atoms with E-state index < -0.39 is 15.8 Å². The zero-order valence-corrected chi connectivity index (χ0v) is 12.4. The van der Waals surface area contributed by atoms with Crippen LogP contribution >= 0.6 is 11.6 Å². The summed E-state index contributed by atoms with van der Waals surface area (Å²) >= 11 is 6.09. The molecule has 21 heavy (non-hydrogen) atoms. The number of rotatable bonds is 5. The standard InChI is InChI=1S/C14H12ClNO4S/c15-14-11(16-9-13(17)18)7-4-8-12(14)21(19,20)10-5-2-1-3-6-10/h1-8,16H,9H2,(H,17,18). The highest BCUT2D eigenvalue weighted by Crippen LogP contribution is 2.32. The number of halogens is 1. The Hall–Kier alpha value is -2.05. The first-order chi connectivity index (χ1) is 9.93. The molecular formula is C14H12ClNO4S. The Labute approximate surface area is 127 Å². The number of carbonyl (C=O) groups is 1. The van der Waals surface area contributed by atoms with Crippen molar-refractivity contribution < 1.29 is 18.3 Å². The fourth-order valence-electron chi connectivity index (χ4n) is 1.75. The maximum Gasteiger partial charge on any atom is 0.322 e. The van der Waals surface area contributed by atoms with Crippen LogP contribution in [0.4, 0.5) is 5.69 Å². The van der Waals surface area contributed by atoms with Crippen LogP contribution in [0.1, 0.15) is 0 Å². The van der Waals surface area contributed by atoms with E-state index in [9.17, 15) is 13.2 Å². The fourth-order valence-corrected chi connectivity index (χ4v) is 3.62. The van der Waals surface area contributed by atoms with Gasteiger partial charge < -0.3 is 10.4 Å². The molecule has 2 aromatic rings. The van der Waals surface area contributed by atoms with Crippen molar-refractivity contribution in [2.24, 2.45) is 0 Å². The van der Waals surface area contributed by atoms with Crippen LogP contribution in [0.5, 0.6) is 0 Å². The van der Waals surface area contributed by atoms with Crippen LogP contribution in [0.3, 0.4) is 0 Å². The Morgan fingerprint density at radius 1 is 1.10 bits per heavy atom. The SMILES string of the molecule is O=C(O)CNc1cccc(S(=O)(=O)c2ccccc2)c1Cl. The van der Waals surface area contributed by atoms with Gasteiger partial charge in [-0.1, -0.05) is 35.9 Å². The smallest absolute Gasteiger partial charge is 0.322 e. The number of hydrogen-bond donors (Lipinski definition) is 2. The molecule has 0 heterocycles. The minimum absolute atomic E-state index is 0.0254. The number of sulfone groups is 1. The van der Waals surface area contributed by atoms with Gasteiger partial charge in [0.25, 0.3) is 0 Å². The molecule has 0 spiro atoms. The Morgan fingerprint density at radius 3 is 2.38 bits per heavy atom. The average Bonchev–Trinajstić information content (AvgIpc) is 2.46. The number of anilines is 1. The number of hydrogen-bond acceptors (Lipinski definition) is 4. The number of aliphatic carboxylic acids is 1. The van der Waals surface area contributed by atoms with E-state index in [4.69, 9.17) is 16.7 Å². The van der Waals surface area contributed by atoms with Crippen molar-refractivity contribution in [2.75, 3.05) is 11.9 Å². The first kappa shape index (κ1) is 15.3. The van der Waals surface area contributed by atoms with E-state index in [1.54, 1.807) is 18.2 Å². The molecule has 7 heteroatoms. The lowest BCUT2D eigenvalue weighted by Crippen LogP contribution is -2.13. The zero-order chi connectivity index (χ0) is 15.5. The average molecular weight is 326 g/mol. The quantitative estimate of drug-likeness (QED) is 0.883. The topological polar surface area (TPSA) is 83.5 Å². The Balaban J connectivity index is 2.45. The van der Waals surface area contributed by atoms with Gasteiger partial charge in [0.2, 0.25) is 9.84 Å². The Kier molecular flexibility index (Phi) is 4.50. The van der Waals surface area contributed by atoms with Crippen LogP contribution in [0.25, 0.3) is 0 Å². The third-order valence-electron chi connectivity index (χ3n) is 2.74. The lowest BCUT2D eigenvalue weighted by atomic mass is 10.3. The maximum absolute atomic E-state index is 12.5. The maximum atomic E-state index is 12.5. The molecule has 0 radical (unpaired) electrons. The Morgan fingerprint density at radius 2 is 1.76 bits per heavy atom. The predicted molar refractivity (Wildman–Crippen MR) is 79.5 cm³/mol. The van der Waals surface area contributed by atoms with Gasteiger partial charge in [-0.15, -0.1) is 0 Å². The fraction of sp³-hybridized carbons (Fsp3) is 0.0714. The summed E-state index contributed by atoms with van der Waals surface area (Å²) in [5, 5.41) is 11.2. The van der Waals surface area contributed by atoms with Crippen molar-refractivity contribution in [1.82, 2.24) is 0 Å². The predicted octanol–water partition coefficient (Wildman–Crippen LogP) is 2.67. The first-order valence-electron chi connectivity index (χ1n) is 5.97. The summed E-state index contributed by atoms with van der Waals surface area (Å²) in [5.41, 5.74) is 0.260. The van der Waals surface area contributed by atoms with Gasteiger partial charge in [0.1, 0.15) is 6.54 Å². The van der Waals surface area contributed by atoms with Gasteiger partial charge in [-0.3, -0.25) is 4.79 Å². The number of nitrogens with one attached hydrogen (secondary N) is 1. The van der Waals surface area contributed by atoms with Crippen LogP contribution < -0.4 is 5.32 Å². The van der Waals surface area contributed by atoms with Crippen LogP contribution in [-0.2, 0) is 14.6 Å². The van der Waals surface area contributed by atoms with Gasteiger partial charge in [-0.05, 0) is 24.3 Å². The normalized spacial score (nSPS) is 11.1. The molecule has 0 unspecified atom stereocenters. The highest BCUT2D eigenvalue weighted by atomic mass is 35.5. The molecule has 2 aromatic carbocycles. The number of benzene rings is 2. The van der Waals surface area contributed by atoms with E-state index in [1.165, 1.54) is 30.3 Å². The summed E-state index contributed by atoms with van der Waals surface area (Å²) in [6.45, 7) is -0.353. The Bertz CT molecular complexity index is 760. The lowest BCUT2D eigenvalue weighted by Gasteiger charge is -2.11. The van der Waals surface area contributed by atoms with E-state index in [-0.39, 0.29) is 27.0 Å². The first-order valence-corrected chi connectivity index (χ1v) is 7.83. The number of carboxylic acids is 1. The molecule has 5 nitrogen and oxygen atoms in total. The minimum Gasteiger partial charge on any atom is -0.480 e. The minimum atomic E-state index is -3.75. The highest BCUT2D eigenvalue weighted by molar-refractivity contribution is 7.91. The van der Waals surface area contributed by atoms with Crippen molar-refractivity contribution >= 4 is 33.1 Å². The highest BCUT2D eigenvalue weighted by Gasteiger charge is 2.22. The monoisotopic (exact) mass is 325 g/mol. The van der Waals surface area contributed by atoms with Crippen molar-refractivity contribution in [3.05, 3.63) is 53.6 Å². The molecule has 0 aliphatic carbocycles. The second kappa shape index (κ2) is 6.15. The molecule has 0 bridgehead atoms. The van der Waals surface area contributed by atoms with Gasteiger partial charge in [-0.25, -0.2) is 8.42 Å². The lowest BCUT2D eigenvalue weighted by molar-refractivity contribution is -0.134. The molecule has 0 aromatic heterocycles. The molecule has 0 aliphatic heterocycles. The van der Waals surface area contributed by atoms with Crippen LogP contribution in [0, 0.1) is 0 Å². The van der Waals surface area contributed by atoms with E-state index in [2.05, 4.69) is 5.32 Å². The van der Waals surface area contributed by atoms with Gasteiger partial charge in [0.15, 0.2) is 0 Å². The van der Waals surface area contributed by atoms with E-state index >= 15 is 0 Å². The zero-order valence-electron chi connectivity index (χ0n) is 10.8. The van der Waals surface area contributed by atoms with Crippen molar-refractivity contribution in [2.45, 2.75) is 9.79 Å². The van der Waals surface area contributed by atoms with Gasteiger partial charge in [-0.2, -0.15) is 0 Å². The van der Waals surface area contributed by atoms with Crippen LogP contribution in [0.15, 0.2) is 58.3 Å². The summed E-state index contributed by atoms with van der Waals surface area (Å²) in [6.07, 6.45) is 0. The summed E-state index contributed by atoms with van der Waals surface area (Å²) < 4.78 is 25.0. The molecule has 0 saturated heterocycles. The molecule has 2 N–H and O–H groups in total. The molecule has 0 amide bonds. The summed E-state index contributed by atoms with van der Waals surface area (Å²) in [7, 11) is -3.75. The van der Waals surface area contributed by atoms with Crippen molar-refractivity contribution in [3.8, 4) is 0 Å². The third-order valence-corrected chi connectivity index (χ3v) is 5.07. The van der Waals surface area contributed by atoms with Gasteiger partial charge in [0.05, 0.1) is 20.5 Å². The summed E-state index contributed by atoms with van der Waals surface area (Å²) in [4.78, 5) is 10.6. The molecular weight excluding hydrogens is 314 g/mol. The van der Waals surface area contributed by atoms with Crippen LogP contribution in [0.2, 0.25) is 5.02 Å². The van der Waals surface area contributed by atoms with Gasteiger partial charge >= 0.3 is 5.97 Å². The second-order valence-electron chi connectivity index (χ2n) is 4.18. The van der Waals surface area contributed by atoms with Crippen molar-refractivity contribution in [1.29, 1.82) is 0 Å². The largest absolute Gasteiger partial charge is 0.480 e. The van der Waals surface area contributed by atoms with Crippen LogP contribution in [-0.4, -0.2) is 26.0 Å². The number of carboxylic acid groups (broad SMARTS) is 1. The molecule has 110 valence electrons. The van der Waals surface area contributed by atoms with Crippen molar-refractivity contribution in [3.63, 3.8) is 0 Å². The molecule has 0 atom stereocenters. The van der Waals surface area contributed by atoms with E-state index in [0.29, 0.717) is 0 Å². The molecule has 0 fully saturated rings. The molecule has 0 saturated carbocycles. The second-order valence-corrected chi connectivity index (χ2v) is 6.48. The van der Waals surface area contributed by atoms with Gasteiger partial charge in [0, 0.05) is 0 Å².